The van der Waals surface area contributed by atoms with Crippen LogP contribution >= 0.6 is 0 Å². The molecule has 0 spiro atoms. The molecule has 1 atom stereocenters. The molecule has 7 heteroatoms. The molecule has 1 heterocycles. The first kappa shape index (κ1) is 23.9. The number of rotatable bonds is 7. The monoisotopic (exact) mass is 474 g/mol. The average molecular weight is 475 g/mol. The van der Waals surface area contributed by atoms with E-state index in [0.717, 1.165) is 5.56 Å². The maximum absolute atomic E-state index is 13.8. The topological polar surface area (TPSA) is 62.6 Å². The fourth-order valence-electron chi connectivity index (χ4n) is 3.85. The van der Waals surface area contributed by atoms with Crippen LogP contribution in [0.2, 0.25) is 0 Å². The summed E-state index contributed by atoms with van der Waals surface area (Å²) in [5.74, 6) is -1.34. The molecule has 5 nitrogen and oxygen atoms in total. The molecule has 0 fully saturated rings. The van der Waals surface area contributed by atoms with Crippen molar-refractivity contribution < 1.29 is 22.8 Å². The van der Waals surface area contributed by atoms with Crippen molar-refractivity contribution in [1.29, 1.82) is 0 Å². The molecule has 0 aliphatic rings. The van der Waals surface area contributed by atoms with Gasteiger partial charge in [-0.2, -0.15) is 0 Å². The lowest BCUT2D eigenvalue weighted by molar-refractivity contribution is -0.122. The zero-order valence-electron chi connectivity index (χ0n) is 19.3. The van der Waals surface area contributed by atoms with Gasteiger partial charge in [0.15, 0.2) is 0 Å². The molecule has 0 radical (unpaired) electrons. The molecule has 1 unspecified atom stereocenters. The molecule has 2 amide bonds. The van der Waals surface area contributed by atoms with E-state index in [1.54, 1.807) is 43.3 Å². The Balaban J connectivity index is 1.78. The van der Waals surface area contributed by atoms with E-state index in [9.17, 15) is 18.4 Å². The molecule has 0 aliphatic carbocycles. The minimum atomic E-state index is -1.11. The highest BCUT2D eigenvalue weighted by Gasteiger charge is 2.34. The van der Waals surface area contributed by atoms with Gasteiger partial charge in [-0.1, -0.05) is 36.4 Å². The number of hydrogen-bond donors (Lipinski definition) is 1. The Bertz CT molecular complexity index is 1330. The molecule has 4 rings (SSSR count). The summed E-state index contributed by atoms with van der Waals surface area (Å²) in [6, 6.07) is 18.9. The first-order chi connectivity index (χ1) is 16.8. The number of nitrogens with zero attached hydrogens (tertiary/aromatic N) is 1. The van der Waals surface area contributed by atoms with Crippen molar-refractivity contribution in [2.45, 2.75) is 26.4 Å². The van der Waals surface area contributed by atoms with Crippen LogP contribution in [0.25, 0.3) is 0 Å². The molecule has 0 saturated heterocycles. The van der Waals surface area contributed by atoms with Gasteiger partial charge in [-0.25, -0.2) is 8.78 Å². The van der Waals surface area contributed by atoms with Crippen LogP contribution in [0, 0.1) is 25.5 Å². The van der Waals surface area contributed by atoms with E-state index >= 15 is 0 Å². The Morgan fingerprint density at radius 1 is 0.914 bits per heavy atom. The van der Waals surface area contributed by atoms with Crippen molar-refractivity contribution in [1.82, 2.24) is 5.32 Å². The Kier molecular flexibility index (Phi) is 7.06. The van der Waals surface area contributed by atoms with Gasteiger partial charge in [-0.3, -0.25) is 14.5 Å². The van der Waals surface area contributed by atoms with Crippen LogP contribution in [0.3, 0.4) is 0 Å². The molecule has 3 aromatic carbocycles. The number of halogens is 2. The number of anilines is 1. The van der Waals surface area contributed by atoms with Gasteiger partial charge < -0.3 is 9.73 Å². The van der Waals surface area contributed by atoms with Crippen LogP contribution in [0.15, 0.2) is 89.5 Å². The van der Waals surface area contributed by atoms with Crippen LogP contribution in [0.1, 0.15) is 38.9 Å². The SMILES string of the molecule is Cc1cccc(N(C(=O)c2ccoc2C)C(C(=O)NCc2ccc(F)cc2)c2ccc(F)cc2)c1. The Hall–Kier alpha value is -4.26. The van der Waals surface area contributed by atoms with Gasteiger partial charge in [0.25, 0.3) is 5.91 Å². The molecule has 0 bridgehead atoms. The molecule has 1 aromatic heterocycles. The first-order valence-electron chi connectivity index (χ1n) is 11.1. The zero-order valence-corrected chi connectivity index (χ0v) is 19.3. The molecule has 0 saturated carbocycles. The lowest BCUT2D eigenvalue weighted by Crippen LogP contribution is -2.44. The molecule has 35 heavy (non-hydrogen) atoms. The smallest absolute Gasteiger partial charge is 0.262 e. The van der Waals surface area contributed by atoms with Crippen LogP contribution < -0.4 is 10.2 Å². The second kappa shape index (κ2) is 10.3. The van der Waals surface area contributed by atoms with Gasteiger partial charge in [0.2, 0.25) is 5.91 Å². The van der Waals surface area contributed by atoms with E-state index in [2.05, 4.69) is 5.32 Å². The predicted molar refractivity (Wildman–Crippen MR) is 129 cm³/mol. The highest BCUT2D eigenvalue weighted by molar-refractivity contribution is 6.10. The zero-order chi connectivity index (χ0) is 24.9. The molecule has 0 aliphatic heterocycles. The van der Waals surface area contributed by atoms with Crippen LogP contribution in [-0.2, 0) is 11.3 Å². The Morgan fingerprint density at radius 2 is 1.57 bits per heavy atom. The van der Waals surface area contributed by atoms with Gasteiger partial charge >= 0.3 is 0 Å². The maximum atomic E-state index is 13.8. The number of amides is 2. The molecule has 1 N–H and O–H groups in total. The lowest BCUT2D eigenvalue weighted by atomic mass is 10.0. The summed E-state index contributed by atoms with van der Waals surface area (Å²) in [5, 5.41) is 2.84. The van der Waals surface area contributed by atoms with Crippen molar-refractivity contribution in [3.8, 4) is 0 Å². The van der Waals surface area contributed by atoms with Gasteiger partial charge in [0, 0.05) is 12.2 Å². The minimum absolute atomic E-state index is 0.122. The van der Waals surface area contributed by atoms with E-state index in [-0.39, 0.29) is 12.4 Å². The molecular weight excluding hydrogens is 450 g/mol. The van der Waals surface area contributed by atoms with Gasteiger partial charge in [0.1, 0.15) is 23.4 Å². The van der Waals surface area contributed by atoms with Crippen LogP contribution in [-0.4, -0.2) is 11.8 Å². The molecule has 178 valence electrons. The predicted octanol–water partition coefficient (Wildman–Crippen LogP) is 5.88. The summed E-state index contributed by atoms with van der Waals surface area (Å²) < 4.78 is 32.4. The number of benzene rings is 3. The van der Waals surface area contributed by atoms with Crippen molar-refractivity contribution in [2.75, 3.05) is 4.90 Å². The van der Waals surface area contributed by atoms with E-state index < -0.39 is 23.7 Å². The number of nitrogens with one attached hydrogen (secondary N) is 1. The van der Waals surface area contributed by atoms with Gasteiger partial charge in [-0.15, -0.1) is 0 Å². The van der Waals surface area contributed by atoms with Crippen LogP contribution in [0.4, 0.5) is 14.5 Å². The van der Waals surface area contributed by atoms with Crippen LogP contribution in [0.5, 0.6) is 0 Å². The Labute approximate surface area is 202 Å². The Morgan fingerprint density at radius 3 is 2.17 bits per heavy atom. The summed E-state index contributed by atoms with van der Waals surface area (Å²) in [6.45, 7) is 3.68. The third-order valence-electron chi connectivity index (χ3n) is 5.66. The summed E-state index contributed by atoms with van der Waals surface area (Å²) in [4.78, 5) is 28.8. The second-order valence-corrected chi connectivity index (χ2v) is 8.20. The van der Waals surface area contributed by atoms with E-state index in [0.29, 0.717) is 28.1 Å². The standard InChI is InChI=1S/C28H24F2N2O3/c1-18-4-3-5-24(16-18)32(28(34)25-14-15-35-19(25)2)26(21-8-12-23(30)13-9-21)27(33)31-17-20-6-10-22(29)11-7-20/h3-16,26H,17H2,1-2H3,(H,31,33). The van der Waals surface area contributed by atoms with E-state index in [4.69, 9.17) is 4.42 Å². The van der Waals surface area contributed by atoms with Crippen molar-refractivity contribution in [2.24, 2.45) is 0 Å². The lowest BCUT2D eigenvalue weighted by Gasteiger charge is -2.31. The normalized spacial score (nSPS) is 11.7. The third-order valence-corrected chi connectivity index (χ3v) is 5.66. The first-order valence-corrected chi connectivity index (χ1v) is 11.1. The number of aryl methyl sites for hydroxylation is 2. The summed E-state index contributed by atoms with van der Waals surface area (Å²) >= 11 is 0. The van der Waals surface area contributed by atoms with E-state index in [1.165, 1.54) is 47.6 Å². The minimum Gasteiger partial charge on any atom is -0.469 e. The van der Waals surface area contributed by atoms with E-state index in [1.807, 2.05) is 13.0 Å². The molecule has 4 aromatic rings. The fraction of sp³-hybridized carbons (Fsp3) is 0.143. The number of carbonyl (C=O) groups is 2. The van der Waals surface area contributed by atoms with Crippen molar-refractivity contribution in [3.63, 3.8) is 0 Å². The number of carbonyl (C=O) groups excluding carboxylic acids is 2. The summed E-state index contributed by atoms with van der Waals surface area (Å²) in [6.07, 6.45) is 1.42. The third kappa shape index (κ3) is 5.46. The number of hydrogen-bond acceptors (Lipinski definition) is 3. The second-order valence-electron chi connectivity index (χ2n) is 8.20. The van der Waals surface area contributed by atoms with Crippen molar-refractivity contribution in [3.05, 3.63) is 125 Å². The maximum Gasteiger partial charge on any atom is 0.262 e. The quantitative estimate of drug-likeness (QED) is 0.364. The van der Waals surface area contributed by atoms with Crippen molar-refractivity contribution >= 4 is 17.5 Å². The highest BCUT2D eigenvalue weighted by atomic mass is 19.1. The fourth-order valence-corrected chi connectivity index (χ4v) is 3.85. The number of furan rings is 1. The summed E-state index contributed by atoms with van der Waals surface area (Å²) in [7, 11) is 0. The van der Waals surface area contributed by atoms with Gasteiger partial charge in [-0.05, 0) is 73.0 Å². The summed E-state index contributed by atoms with van der Waals surface area (Å²) in [5.41, 5.74) is 2.83. The molecular formula is C28H24F2N2O3. The average Bonchev–Trinajstić information content (AvgIpc) is 3.28. The largest absolute Gasteiger partial charge is 0.469 e. The highest BCUT2D eigenvalue weighted by Crippen LogP contribution is 2.31. The van der Waals surface area contributed by atoms with Gasteiger partial charge in [0.05, 0.1) is 11.8 Å².